The third-order valence-corrected chi connectivity index (χ3v) is 11.6. The van der Waals surface area contributed by atoms with Gasteiger partial charge in [-0.05, 0) is 121 Å². The van der Waals surface area contributed by atoms with E-state index in [1.54, 1.807) is 18.6 Å². The molecule has 0 fully saturated rings. The Balaban J connectivity index is 0.000000165. The van der Waals surface area contributed by atoms with E-state index in [9.17, 15) is 0 Å². The average Bonchev–Trinajstić information content (AvgIpc) is 4.26. The quantitative estimate of drug-likeness (QED) is 0.137. The van der Waals surface area contributed by atoms with E-state index < -0.39 is 0 Å². The van der Waals surface area contributed by atoms with E-state index in [-0.39, 0.29) is 0 Å². The fourth-order valence-corrected chi connectivity index (χ4v) is 8.90. The van der Waals surface area contributed by atoms with Gasteiger partial charge in [0.2, 0.25) is 0 Å². The molecule has 2 atom stereocenters. The van der Waals surface area contributed by atoms with E-state index in [0.29, 0.717) is 23.7 Å². The zero-order valence-corrected chi connectivity index (χ0v) is 40.8. The number of benzene rings is 3. The second-order valence-corrected chi connectivity index (χ2v) is 15.1. The van der Waals surface area contributed by atoms with Gasteiger partial charge < -0.3 is 30.6 Å². The third kappa shape index (κ3) is 11.0. The number of hydrogen-bond acceptors (Lipinski definition) is 5. The standard InChI is InChI=1S/2C17H17N3.C8H7N.C7H6N2.4C2H6/c2*1-11-10-20(15-8-9-19-17(18)16(11)15)14-7-6-12-4-2-3-5-13(12)14;1-2-4-8-7(3-1)5-6-9-8;1-2-6-3-5-9-7(6)8-4-1;4*1-2/h2*2-5,8-10,14H,6-7H2,1H3,(H2,18,19);1-6,9H;1-5H,(H,8,9);4*1-2H3. The van der Waals surface area contributed by atoms with Crippen molar-refractivity contribution in [2.45, 2.75) is 107 Å². The van der Waals surface area contributed by atoms with Gasteiger partial charge >= 0.3 is 0 Å². The summed E-state index contributed by atoms with van der Waals surface area (Å²) in [6.45, 7) is 20.2. The van der Waals surface area contributed by atoms with Crippen LogP contribution in [0.3, 0.4) is 0 Å². The van der Waals surface area contributed by atoms with Crippen LogP contribution in [0.5, 0.6) is 0 Å². The maximum absolute atomic E-state index is 6.04. The Morgan fingerprint density at radius 3 is 1.45 bits per heavy atom. The van der Waals surface area contributed by atoms with Gasteiger partial charge in [0, 0.05) is 65.1 Å². The van der Waals surface area contributed by atoms with Crippen molar-refractivity contribution >= 4 is 55.4 Å². The summed E-state index contributed by atoms with van der Waals surface area (Å²) in [7, 11) is 0. The van der Waals surface area contributed by atoms with E-state index in [4.69, 9.17) is 11.5 Å². The molecule has 10 aromatic rings. The summed E-state index contributed by atoms with van der Waals surface area (Å²) in [5.41, 5.74) is 24.9. The van der Waals surface area contributed by atoms with Crippen LogP contribution in [0, 0.1) is 13.8 Å². The Labute approximate surface area is 392 Å². The number of aromatic nitrogens is 7. The van der Waals surface area contributed by atoms with Crippen molar-refractivity contribution in [3.05, 3.63) is 186 Å². The summed E-state index contributed by atoms with van der Waals surface area (Å²) in [5.74, 6) is 1.26. The number of para-hydroxylation sites is 1. The zero-order chi connectivity index (χ0) is 47.6. The van der Waals surface area contributed by atoms with Gasteiger partial charge in [0.1, 0.15) is 17.3 Å². The van der Waals surface area contributed by atoms with Crippen molar-refractivity contribution in [2.75, 3.05) is 11.5 Å². The number of aromatic amines is 2. The highest BCUT2D eigenvalue weighted by molar-refractivity contribution is 5.93. The van der Waals surface area contributed by atoms with Crippen LogP contribution >= 0.6 is 0 Å². The van der Waals surface area contributed by atoms with Crippen LogP contribution < -0.4 is 11.5 Å². The van der Waals surface area contributed by atoms with Gasteiger partial charge in [-0.3, -0.25) is 0 Å². The Bertz CT molecular complexity index is 2740. The van der Waals surface area contributed by atoms with Crippen molar-refractivity contribution in [1.29, 1.82) is 0 Å². The second kappa shape index (κ2) is 24.8. The monoisotopic (exact) mass is 882 g/mol. The van der Waals surface area contributed by atoms with Crippen LogP contribution in [-0.4, -0.2) is 34.1 Å². The Hall–Kier alpha value is -7.13. The number of fused-ring (bicyclic) bond motifs is 6. The number of nitrogens with zero attached hydrogens (tertiary/aromatic N) is 5. The van der Waals surface area contributed by atoms with Gasteiger partial charge in [-0.2, -0.15) is 0 Å². The van der Waals surface area contributed by atoms with E-state index in [0.717, 1.165) is 47.5 Å². The molecule has 2 aliphatic rings. The molecule has 0 bridgehead atoms. The van der Waals surface area contributed by atoms with E-state index in [1.165, 1.54) is 55.3 Å². The molecule has 2 aliphatic carbocycles. The van der Waals surface area contributed by atoms with Crippen molar-refractivity contribution < 1.29 is 0 Å². The molecule has 2 unspecified atom stereocenters. The SMILES string of the molecule is CC.CC.CC.CC.Cc1cn(C2CCc3ccccc32)c2ccnc(N)c12.Cc1cn(C2CCc3ccccc32)c2ccnc(N)c12.c1ccc2[nH]ccc2c1.c1cnc2[nH]ccc2c1. The molecule has 9 heteroatoms. The number of pyridine rings is 3. The highest BCUT2D eigenvalue weighted by Crippen LogP contribution is 2.39. The largest absolute Gasteiger partial charge is 0.383 e. The molecule has 3 aromatic carbocycles. The van der Waals surface area contributed by atoms with Crippen LogP contribution in [0.15, 0.2) is 153 Å². The normalized spacial score (nSPS) is 13.8. The lowest BCUT2D eigenvalue weighted by Crippen LogP contribution is -2.06. The number of H-pyrrole nitrogens is 2. The Kier molecular flexibility index (Phi) is 18.7. The molecule has 0 radical (unpaired) electrons. The molecule has 12 rings (SSSR count). The third-order valence-electron chi connectivity index (χ3n) is 11.6. The molecule has 7 aromatic heterocycles. The second-order valence-electron chi connectivity index (χ2n) is 15.1. The first-order chi connectivity index (χ1) is 32.4. The van der Waals surface area contributed by atoms with Gasteiger partial charge in [0.05, 0.1) is 23.1 Å². The van der Waals surface area contributed by atoms with Crippen molar-refractivity contribution in [3.8, 4) is 0 Å². The highest BCUT2D eigenvalue weighted by Gasteiger charge is 2.26. The molecule has 9 nitrogen and oxygen atoms in total. The van der Waals surface area contributed by atoms with Gasteiger partial charge in [0.15, 0.2) is 0 Å². The smallest absolute Gasteiger partial charge is 0.137 e. The fourth-order valence-electron chi connectivity index (χ4n) is 8.90. The minimum atomic E-state index is 0.421. The molecule has 344 valence electrons. The van der Waals surface area contributed by atoms with Crippen LogP contribution in [0.1, 0.15) is 114 Å². The predicted octanol–water partition coefficient (Wildman–Crippen LogP) is 14.8. The number of nitrogens with one attached hydrogen (secondary N) is 2. The first kappa shape index (κ1) is 49.9. The lowest BCUT2D eigenvalue weighted by Gasteiger charge is -2.15. The number of aryl methyl sites for hydroxylation is 4. The minimum Gasteiger partial charge on any atom is -0.383 e. The number of anilines is 2. The molecule has 0 amide bonds. The molecule has 0 aliphatic heterocycles. The van der Waals surface area contributed by atoms with Crippen LogP contribution in [-0.2, 0) is 12.8 Å². The molecule has 66 heavy (non-hydrogen) atoms. The maximum atomic E-state index is 6.04. The highest BCUT2D eigenvalue weighted by atomic mass is 15.0. The van der Waals surface area contributed by atoms with Crippen molar-refractivity contribution in [3.63, 3.8) is 0 Å². The van der Waals surface area contributed by atoms with E-state index in [1.807, 2.05) is 98.1 Å². The molecule has 7 heterocycles. The van der Waals surface area contributed by atoms with Gasteiger partial charge in [-0.1, -0.05) is 122 Å². The Morgan fingerprint density at radius 2 is 0.939 bits per heavy atom. The number of hydrogen-bond donors (Lipinski definition) is 4. The summed E-state index contributed by atoms with van der Waals surface area (Å²) in [5, 5.41) is 4.63. The molecular formula is C57H71N9. The topological polar surface area (TPSA) is 132 Å². The first-order valence-electron chi connectivity index (χ1n) is 23.9. The van der Waals surface area contributed by atoms with E-state index in [2.05, 4.69) is 139 Å². The van der Waals surface area contributed by atoms with Crippen LogP contribution in [0.25, 0.3) is 43.7 Å². The lowest BCUT2D eigenvalue weighted by atomic mass is 10.1. The van der Waals surface area contributed by atoms with Crippen molar-refractivity contribution in [1.82, 2.24) is 34.1 Å². The summed E-state index contributed by atoms with van der Waals surface area (Å²) >= 11 is 0. The average molecular weight is 882 g/mol. The van der Waals surface area contributed by atoms with E-state index >= 15 is 0 Å². The van der Waals surface area contributed by atoms with Gasteiger partial charge in [-0.25, -0.2) is 15.0 Å². The summed E-state index contributed by atoms with van der Waals surface area (Å²) in [4.78, 5) is 18.6. The van der Waals surface area contributed by atoms with Crippen LogP contribution in [0.4, 0.5) is 11.6 Å². The van der Waals surface area contributed by atoms with Gasteiger partial charge in [-0.15, -0.1) is 0 Å². The predicted molar refractivity (Wildman–Crippen MR) is 283 cm³/mol. The molecule has 6 N–H and O–H groups in total. The van der Waals surface area contributed by atoms with Crippen molar-refractivity contribution in [2.24, 2.45) is 0 Å². The number of nitrogen functional groups attached to an aromatic ring is 2. The summed E-state index contributed by atoms with van der Waals surface area (Å²) in [6, 6.07) is 38.7. The minimum absolute atomic E-state index is 0.421. The molecule has 0 saturated carbocycles. The zero-order valence-electron chi connectivity index (χ0n) is 40.8. The number of rotatable bonds is 2. The van der Waals surface area contributed by atoms with Gasteiger partial charge in [0.25, 0.3) is 0 Å². The fraction of sp³-hybridized carbons (Fsp3) is 0.281. The first-order valence-corrected chi connectivity index (χ1v) is 23.9. The molecular weight excluding hydrogens is 811 g/mol. The molecule has 0 saturated heterocycles. The summed E-state index contributed by atoms with van der Waals surface area (Å²) < 4.78 is 4.74. The summed E-state index contributed by atoms with van der Waals surface area (Å²) in [6.07, 6.45) is 18.3. The number of nitrogens with two attached hydrogens (primary N) is 2. The maximum Gasteiger partial charge on any atom is 0.137 e. The molecule has 0 spiro atoms. The van der Waals surface area contributed by atoms with Crippen LogP contribution in [0.2, 0.25) is 0 Å². The lowest BCUT2D eigenvalue weighted by molar-refractivity contribution is 0.598. The Morgan fingerprint density at radius 1 is 0.485 bits per heavy atom.